The van der Waals surface area contributed by atoms with Gasteiger partial charge in [0, 0.05) is 6.54 Å². The van der Waals surface area contributed by atoms with Crippen molar-refractivity contribution >= 4 is 22.6 Å². The Morgan fingerprint density at radius 3 is 2.70 bits per heavy atom. The lowest BCUT2D eigenvalue weighted by atomic mass is 10.1. The molecule has 0 saturated heterocycles. The first kappa shape index (κ1) is 13.2. The summed E-state index contributed by atoms with van der Waals surface area (Å²) in [5.41, 5.74) is 6.05. The number of aryl methyl sites for hydroxylation is 2. The first-order valence-corrected chi connectivity index (χ1v) is 7.28. The molecule has 1 aromatic heterocycles. The average molecular weight is 285 g/mol. The van der Waals surface area contributed by atoms with Gasteiger partial charge in [-0.15, -0.1) is 11.6 Å². The molecule has 102 valence electrons. The van der Waals surface area contributed by atoms with Crippen LogP contribution in [-0.4, -0.2) is 9.55 Å². The van der Waals surface area contributed by atoms with Crippen molar-refractivity contribution in [3.63, 3.8) is 0 Å². The van der Waals surface area contributed by atoms with Crippen molar-refractivity contribution in [1.82, 2.24) is 9.55 Å². The monoisotopic (exact) mass is 284 g/mol. The maximum absolute atomic E-state index is 6.06. The zero-order valence-corrected chi connectivity index (χ0v) is 12.5. The van der Waals surface area contributed by atoms with Crippen LogP contribution in [0.3, 0.4) is 0 Å². The van der Waals surface area contributed by atoms with E-state index in [-0.39, 0.29) is 0 Å². The second-order valence-corrected chi connectivity index (χ2v) is 5.43. The van der Waals surface area contributed by atoms with Crippen LogP contribution in [0.5, 0.6) is 0 Å². The van der Waals surface area contributed by atoms with E-state index in [1.54, 1.807) is 0 Å². The van der Waals surface area contributed by atoms with Crippen molar-refractivity contribution in [2.75, 3.05) is 0 Å². The van der Waals surface area contributed by atoms with E-state index < -0.39 is 0 Å². The summed E-state index contributed by atoms with van der Waals surface area (Å²) in [4.78, 5) is 4.61. The van der Waals surface area contributed by atoms with Crippen molar-refractivity contribution in [2.24, 2.45) is 0 Å². The molecule has 2 aromatic carbocycles. The van der Waals surface area contributed by atoms with Crippen LogP contribution in [0.2, 0.25) is 0 Å². The summed E-state index contributed by atoms with van der Waals surface area (Å²) < 4.78 is 2.21. The van der Waals surface area contributed by atoms with Gasteiger partial charge in [-0.25, -0.2) is 4.98 Å². The van der Waals surface area contributed by atoms with Gasteiger partial charge < -0.3 is 4.57 Å². The van der Waals surface area contributed by atoms with Crippen LogP contribution >= 0.6 is 11.6 Å². The lowest BCUT2D eigenvalue weighted by Gasteiger charge is -2.11. The second-order valence-electron chi connectivity index (χ2n) is 5.17. The Morgan fingerprint density at radius 1 is 1.10 bits per heavy atom. The Kier molecular flexibility index (Phi) is 3.49. The van der Waals surface area contributed by atoms with E-state index in [1.807, 2.05) is 18.2 Å². The van der Waals surface area contributed by atoms with Crippen LogP contribution in [0.15, 0.2) is 42.5 Å². The van der Waals surface area contributed by atoms with Gasteiger partial charge in [-0.3, -0.25) is 0 Å². The molecule has 0 aliphatic heterocycles. The lowest BCUT2D eigenvalue weighted by molar-refractivity contribution is 0.773. The van der Waals surface area contributed by atoms with Gasteiger partial charge in [0.1, 0.15) is 5.82 Å². The van der Waals surface area contributed by atoms with E-state index in [0.29, 0.717) is 5.88 Å². The highest BCUT2D eigenvalue weighted by molar-refractivity contribution is 6.16. The molecule has 0 saturated carbocycles. The molecule has 2 nitrogen and oxygen atoms in total. The number of para-hydroxylation sites is 2. The molecule has 0 radical (unpaired) electrons. The Hall–Kier alpha value is -1.80. The lowest BCUT2D eigenvalue weighted by Crippen LogP contribution is -2.05. The van der Waals surface area contributed by atoms with Crippen molar-refractivity contribution in [3.05, 3.63) is 65.0 Å². The molecule has 0 unspecified atom stereocenters. The third kappa shape index (κ3) is 2.32. The predicted octanol–water partition coefficient (Wildman–Crippen LogP) is 4.44. The summed E-state index contributed by atoms with van der Waals surface area (Å²) in [6.45, 7) is 5.09. The van der Waals surface area contributed by atoms with Gasteiger partial charge in [-0.2, -0.15) is 0 Å². The molecular formula is C17H17ClN2. The number of halogens is 1. The van der Waals surface area contributed by atoms with Gasteiger partial charge in [0.05, 0.1) is 16.9 Å². The summed E-state index contributed by atoms with van der Waals surface area (Å²) >= 11 is 6.06. The van der Waals surface area contributed by atoms with Crippen LogP contribution in [0, 0.1) is 13.8 Å². The summed E-state index contributed by atoms with van der Waals surface area (Å²) in [7, 11) is 0. The van der Waals surface area contributed by atoms with E-state index in [9.17, 15) is 0 Å². The molecule has 1 heterocycles. The largest absolute Gasteiger partial charge is 0.322 e. The molecule has 0 bridgehead atoms. The van der Waals surface area contributed by atoms with E-state index >= 15 is 0 Å². The van der Waals surface area contributed by atoms with Gasteiger partial charge >= 0.3 is 0 Å². The summed E-state index contributed by atoms with van der Waals surface area (Å²) in [5, 5.41) is 0. The summed E-state index contributed by atoms with van der Waals surface area (Å²) in [5.74, 6) is 1.35. The maximum Gasteiger partial charge on any atom is 0.125 e. The molecule has 0 amide bonds. The first-order valence-electron chi connectivity index (χ1n) is 6.75. The molecule has 20 heavy (non-hydrogen) atoms. The van der Waals surface area contributed by atoms with E-state index in [1.165, 1.54) is 16.7 Å². The van der Waals surface area contributed by atoms with Crippen molar-refractivity contribution in [1.29, 1.82) is 0 Å². The zero-order valence-electron chi connectivity index (χ0n) is 11.7. The summed E-state index contributed by atoms with van der Waals surface area (Å²) in [6.07, 6.45) is 0. The van der Waals surface area contributed by atoms with E-state index in [0.717, 1.165) is 23.4 Å². The number of alkyl halides is 1. The molecule has 3 rings (SSSR count). The second kappa shape index (κ2) is 5.29. The third-order valence-electron chi connectivity index (χ3n) is 3.69. The average Bonchev–Trinajstić information content (AvgIpc) is 2.81. The predicted molar refractivity (Wildman–Crippen MR) is 84.3 cm³/mol. The highest BCUT2D eigenvalue weighted by Gasteiger charge is 2.10. The molecule has 3 aromatic rings. The van der Waals surface area contributed by atoms with Crippen LogP contribution < -0.4 is 0 Å². The molecule has 0 spiro atoms. The smallest absolute Gasteiger partial charge is 0.125 e. The Bertz CT molecular complexity index is 759. The fourth-order valence-corrected chi connectivity index (χ4v) is 2.75. The highest BCUT2D eigenvalue weighted by Crippen LogP contribution is 2.21. The third-order valence-corrected chi connectivity index (χ3v) is 3.93. The molecule has 3 heteroatoms. The van der Waals surface area contributed by atoms with Crippen LogP contribution in [0.4, 0.5) is 0 Å². The zero-order chi connectivity index (χ0) is 14.1. The standard InChI is InChI=1S/C17H17ClN2/c1-12-7-8-13(2)14(9-12)11-20-16-6-4-3-5-15(16)19-17(20)10-18/h3-9H,10-11H2,1-2H3. The minimum Gasteiger partial charge on any atom is -0.322 e. The van der Waals surface area contributed by atoms with Gasteiger partial charge in [0.2, 0.25) is 0 Å². The molecule has 0 N–H and O–H groups in total. The molecule has 0 atom stereocenters. The molecule has 0 fully saturated rings. The number of benzene rings is 2. The van der Waals surface area contributed by atoms with E-state index in [4.69, 9.17) is 11.6 Å². The number of nitrogens with zero attached hydrogens (tertiary/aromatic N) is 2. The molecule has 0 aliphatic rings. The fraction of sp³-hybridized carbons (Fsp3) is 0.235. The Balaban J connectivity index is 2.12. The van der Waals surface area contributed by atoms with Crippen molar-refractivity contribution < 1.29 is 0 Å². The van der Waals surface area contributed by atoms with Crippen LogP contribution in [0.1, 0.15) is 22.5 Å². The van der Waals surface area contributed by atoms with Crippen LogP contribution in [0.25, 0.3) is 11.0 Å². The van der Waals surface area contributed by atoms with Gasteiger partial charge in [-0.05, 0) is 37.1 Å². The highest BCUT2D eigenvalue weighted by atomic mass is 35.5. The number of hydrogen-bond donors (Lipinski definition) is 0. The Labute approximate surface area is 124 Å². The van der Waals surface area contributed by atoms with Crippen molar-refractivity contribution in [2.45, 2.75) is 26.3 Å². The number of rotatable bonds is 3. The first-order chi connectivity index (χ1) is 9.69. The number of aromatic nitrogens is 2. The minimum absolute atomic E-state index is 0.430. The minimum atomic E-state index is 0.430. The Morgan fingerprint density at radius 2 is 1.90 bits per heavy atom. The number of hydrogen-bond acceptors (Lipinski definition) is 1. The van der Waals surface area contributed by atoms with Gasteiger partial charge in [0.25, 0.3) is 0 Å². The summed E-state index contributed by atoms with van der Waals surface area (Å²) in [6, 6.07) is 14.7. The SMILES string of the molecule is Cc1ccc(C)c(Cn2c(CCl)nc3ccccc32)c1. The quantitative estimate of drug-likeness (QED) is 0.650. The number of fused-ring (bicyclic) bond motifs is 1. The fourth-order valence-electron chi connectivity index (χ4n) is 2.54. The van der Waals surface area contributed by atoms with Gasteiger partial charge in [0.15, 0.2) is 0 Å². The normalized spacial score (nSPS) is 11.2. The maximum atomic E-state index is 6.06. The molecule has 0 aliphatic carbocycles. The van der Waals surface area contributed by atoms with E-state index in [2.05, 4.69) is 47.7 Å². The molecular weight excluding hydrogens is 268 g/mol. The van der Waals surface area contributed by atoms with Gasteiger partial charge in [-0.1, -0.05) is 35.9 Å². The topological polar surface area (TPSA) is 17.8 Å². The number of imidazole rings is 1. The van der Waals surface area contributed by atoms with Crippen molar-refractivity contribution in [3.8, 4) is 0 Å². The van der Waals surface area contributed by atoms with Crippen LogP contribution in [-0.2, 0) is 12.4 Å².